The lowest BCUT2D eigenvalue weighted by Crippen LogP contribution is -2.14. The maximum Gasteiger partial charge on any atom is 0.175 e. The summed E-state index contributed by atoms with van der Waals surface area (Å²) in [7, 11) is 0. The third-order valence-electron chi connectivity index (χ3n) is 6.42. The van der Waals surface area contributed by atoms with Gasteiger partial charge in [0.1, 0.15) is 13.2 Å². The largest absolute Gasteiger partial charge is 0.485 e. The van der Waals surface area contributed by atoms with Gasteiger partial charge in [0.25, 0.3) is 0 Å². The zero-order valence-electron chi connectivity index (χ0n) is 21.6. The van der Waals surface area contributed by atoms with E-state index in [9.17, 15) is 0 Å². The number of hydrogen-bond acceptors (Lipinski definition) is 3. The molecule has 6 rings (SSSR count). The van der Waals surface area contributed by atoms with Crippen LogP contribution in [-0.2, 0) is 0 Å². The van der Waals surface area contributed by atoms with Crippen molar-refractivity contribution in [3.63, 3.8) is 0 Å². The monoisotopic (exact) mass is 482 g/mol. The molecule has 3 heteroatoms. The molecule has 5 aromatic rings. The topological polar surface area (TPSA) is 18.5 Å². The average Bonchev–Trinajstić information content (AvgIpc) is 3.18. The van der Waals surface area contributed by atoms with Gasteiger partial charge < -0.3 is 9.47 Å². The second-order valence-electron chi connectivity index (χ2n) is 9.07. The maximum atomic E-state index is 5.46. The van der Waals surface area contributed by atoms with Crippen LogP contribution in [0.3, 0.4) is 0 Å². The van der Waals surface area contributed by atoms with Crippen LogP contribution in [0.2, 0.25) is 0 Å². The molecule has 0 saturated carbocycles. The van der Waals surface area contributed by atoms with Gasteiger partial charge in [0.2, 0.25) is 0 Å². The van der Waals surface area contributed by atoms with Gasteiger partial charge in [-0.25, -0.2) is 0 Å². The van der Waals surface area contributed by atoms with E-state index in [4.69, 9.17) is 9.47 Å². The van der Waals surface area contributed by atoms with Crippen LogP contribution in [0.5, 0.6) is 11.5 Å². The Labute approximate surface area is 213 Å². The Kier molecular flexibility index (Phi) is 7.77. The molecule has 2 heterocycles. The summed E-state index contributed by atoms with van der Waals surface area (Å²) in [5, 5.41) is 5.50. The van der Waals surface area contributed by atoms with Gasteiger partial charge in [0.15, 0.2) is 11.5 Å². The predicted octanol–water partition coefficient (Wildman–Crippen LogP) is 9.05. The summed E-state index contributed by atoms with van der Waals surface area (Å²) in [6, 6.07) is 25.8. The highest BCUT2D eigenvalue weighted by molar-refractivity contribution is 7.12. The number of fused-ring (bicyclic) bond motifs is 3. The first-order valence-corrected chi connectivity index (χ1v) is 12.9. The Morgan fingerprint density at radius 2 is 0.800 bits per heavy atom. The zero-order valence-corrected chi connectivity index (χ0v) is 22.4. The second-order valence-corrected chi connectivity index (χ2v) is 10.5. The summed E-state index contributed by atoms with van der Waals surface area (Å²) in [6.45, 7) is 14.1. The molecular formula is C32H34O2S. The van der Waals surface area contributed by atoms with Crippen LogP contribution in [0.15, 0.2) is 72.8 Å². The first-order valence-electron chi connectivity index (χ1n) is 12.1. The minimum Gasteiger partial charge on any atom is -0.485 e. The van der Waals surface area contributed by atoms with Crippen molar-refractivity contribution < 1.29 is 9.47 Å². The highest BCUT2D eigenvalue weighted by Gasteiger charge is 2.19. The Morgan fingerprint density at radius 1 is 0.486 bits per heavy atom. The van der Waals surface area contributed by atoms with Gasteiger partial charge in [-0.1, -0.05) is 83.9 Å². The van der Waals surface area contributed by atoms with Gasteiger partial charge in [-0.3, -0.25) is 0 Å². The van der Waals surface area contributed by atoms with Crippen LogP contribution < -0.4 is 9.47 Å². The van der Waals surface area contributed by atoms with E-state index in [0.717, 1.165) is 11.5 Å². The molecule has 0 unspecified atom stereocenters. The molecule has 35 heavy (non-hydrogen) atoms. The third kappa shape index (κ3) is 5.52. The van der Waals surface area contributed by atoms with Crippen LogP contribution >= 0.6 is 11.3 Å². The lowest BCUT2D eigenvalue weighted by molar-refractivity contribution is 0.171. The fourth-order valence-corrected chi connectivity index (χ4v) is 5.41. The number of aryl methyl sites for hydroxylation is 6. The van der Waals surface area contributed by atoms with Gasteiger partial charge in [0, 0.05) is 9.75 Å². The molecule has 2 nitrogen and oxygen atoms in total. The average molecular weight is 483 g/mol. The number of thiophene rings is 1. The lowest BCUT2D eigenvalue weighted by atomic mass is 9.93. The molecule has 0 bridgehead atoms. The standard InChI is InChI=1S/C16H14.C8H10O2S.C8H10/c1-11-13-7-3-5-9-15(13)12(2)16-10-6-4-8-14(11)16;1-5-7-8(6(2)11-5)10-4-3-9-7;1-7-3-5-8(2)6-4-7/h3-10H,1-2H3;3-4H2,1-2H3;3-6H,1-2H3. The highest BCUT2D eigenvalue weighted by Crippen LogP contribution is 2.42. The zero-order chi connectivity index (χ0) is 24.9. The van der Waals surface area contributed by atoms with Crippen LogP contribution in [0.25, 0.3) is 21.5 Å². The molecule has 0 aliphatic carbocycles. The van der Waals surface area contributed by atoms with E-state index in [1.807, 2.05) is 0 Å². The van der Waals surface area contributed by atoms with Crippen molar-refractivity contribution in [1.29, 1.82) is 0 Å². The molecule has 0 atom stereocenters. The summed E-state index contributed by atoms with van der Waals surface area (Å²) in [6.07, 6.45) is 0. The second kappa shape index (κ2) is 11.0. The normalized spacial score (nSPS) is 11.9. The van der Waals surface area contributed by atoms with E-state index in [-0.39, 0.29) is 0 Å². The summed E-state index contributed by atoms with van der Waals surface area (Å²) < 4.78 is 10.9. The molecule has 0 fully saturated rings. The van der Waals surface area contributed by atoms with Gasteiger partial charge in [-0.05, 0) is 74.2 Å². The van der Waals surface area contributed by atoms with Crippen molar-refractivity contribution >= 4 is 32.9 Å². The Morgan fingerprint density at radius 3 is 1.11 bits per heavy atom. The number of benzene rings is 4. The minimum atomic E-state index is 0.685. The molecule has 4 aromatic carbocycles. The molecule has 0 N–H and O–H groups in total. The maximum absolute atomic E-state index is 5.46. The summed E-state index contributed by atoms with van der Waals surface area (Å²) in [5.41, 5.74) is 5.43. The van der Waals surface area contributed by atoms with Crippen LogP contribution in [0.4, 0.5) is 0 Å². The van der Waals surface area contributed by atoms with Crippen LogP contribution in [0, 0.1) is 41.5 Å². The number of rotatable bonds is 0. The summed E-state index contributed by atoms with van der Waals surface area (Å²) in [4.78, 5) is 2.44. The first-order chi connectivity index (χ1) is 16.9. The van der Waals surface area contributed by atoms with E-state index in [2.05, 4.69) is 114 Å². The van der Waals surface area contributed by atoms with E-state index in [1.165, 1.54) is 53.6 Å². The number of hydrogen-bond donors (Lipinski definition) is 0. The first kappa shape index (κ1) is 24.8. The predicted molar refractivity (Wildman–Crippen MR) is 152 cm³/mol. The van der Waals surface area contributed by atoms with Crippen LogP contribution in [0.1, 0.15) is 32.0 Å². The molecule has 0 spiro atoms. The fraction of sp³-hybridized carbons (Fsp3) is 0.250. The fourth-order valence-electron chi connectivity index (χ4n) is 4.47. The van der Waals surface area contributed by atoms with Crippen molar-refractivity contribution in [3.05, 3.63) is 105 Å². The van der Waals surface area contributed by atoms with Gasteiger partial charge in [0.05, 0.1) is 0 Å². The van der Waals surface area contributed by atoms with Crippen molar-refractivity contribution in [3.8, 4) is 11.5 Å². The Hall–Kier alpha value is -3.30. The SMILES string of the molecule is Cc1c2ccccc2c(C)c2ccccc12.Cc1ccc(C)cc1.Cc1sc(C)c2c1OCCO2. The highest BCUT2D eigenvalue weighted by atomic mass is 32.1. The minimum absolute atomic E-state index is 0.685. The smallest absolute Gasteiger partial charge is 0.175 e. The Bertz CT molecular complexity index is 1280. The molecule has 0 saturated heterocycles. The summed E-state index contributed by atoms with van der Waals surface area (Å²) >= 11 is 1.74. The van der Waals surface area contributed by atoms with Crippen LogP contribution in [-0.4, -0.2) is 13.2 Å². The van der Waals surface area contributed by atoms with Gasteiger partial charge >= 0.3 is 0 Å². The molecular weight excluding hydrogens is 448 g/mol. The van der Waals surface area contributed by atoms with Crippen molar-refractivity contribution in [2.24, 2.45) is 0 Å². The quantitative estimate of drug-likeness (QED) is 0.205. The van der Waals surface area contributed by atoms with E-state index in [1.54, 1.807) is 11.3 Å². The molecule has 1 aliphatic rings. The molecule has 0 amide bonds. The van der Waals surface area contributed by atoms with E-state index >= 15 is 0 Å². The van der Waals surface area contributed by atoms with E-state index < -0.39 is 0 Å². The van der Waals surface area contributed by atoms with E-state index in [0.29, 0.717) is 13.2 Å². The van der Waals surface area contributed by atoms with Gasteiger partial charge in [-0.15, -0.1) is 11.3 Å². The van der Waals surface area contributed by atoms with Crippen molar-refractivity contribution in [1.82, 2.24) is 0 Å². The Balaban J connectivity index is 0.000000133. The van der Waals surface area contributed by atoms with Crippen molar-refractivity contribution in [2.75, 3.05) is 13.2 Å². The molecule has 1 aromatic heterocycles. The number of ether oxygens (including phenoxy) is 2. The third-order valence-corrected chi connectivity index (χ3v) is 7.40. The van der Waals surface area contributed by atoms with Crippen molar-refractivity contribution in [2.45, 2.75) is 41.5 Å². The lowest BCUT2D eigenvalue weighted by Gasteiger charge is -2.15. The molecule has 180 valence electrons. The summed E-state index contributed by atoms with van der Waals surface area (Å²) in [5.74, 6) is 1.91. The van der Waals surface area contributed by atoms with Gasteiger partial charge in [-0.2, -0.15) is 0 Å². The molecule has 1 aliphatic heterocycles. The molecule has 0 radical (unpaired) electrons.